The van der Waals surface area contributed by atoms with Gasteiger partial charge in [0.2, 0.25) is 0 Å². The van der Waals surface area contributed by atoms with Gasteiger partial charge in [-0.25, -0.2) is 0 Å². The van der Waals surface area contributed by atoms with Gasteiger partial charge in [-0.2, -0.15) is 0 Å². The average molecular weight is 267 g/mol. The zero-order valence-electron chi connectivity index (χ0n) is 5.91. The third-order valence-electron chi connectivity index (χ3n) is 1.37. The Balaban J connectivity index is 2.98. The lowest BCUT2D eigenvalue weighted by Crippen LogP contribution is -1.84. The van der Waals surface area contributed by atoms with E-state index in [4.69, 9.17) is 0 Å². The highest BCUT2D eigenvalue weighted by atomic mass is 79.9. The maximum absolute atomic E-state index is 3.41. The van der Waals surface area contributed by atoms with Gasteiger partial charge in [-0.15, -0.1) is 0 Å². The summed E-state index contributed by atoms with van der Waals surface area (Å²) in [6.07, 6.45) is 0. The molecular weight excluding hydrogens is 258 g/mol. The first-order valence-electron chi connectivity index (χ1n) is 3.15. The van der Waals surface area contributed by atoms with Gasteiger partial charge in [0, 0.05) is 10.2 Å². The van der Waals surface area contributed by atoms with Crippen LogP contribution in [0, 0.1) is 0 Å². The van der Waals surface area contributed by atoms with E-state index < -0.39 is 0 Å². The summed E-state index contributed by atoms with van der Waals surface area (Å²) in [6.45, 7) is 4.31. The minimum Gasteiger partial charge on any atom is -0.352 e. The number of halogens is 2. The summed E-state index contributed by atoms with van der Waals surface area (Å²) in [7, 11) is 0. The average Bonchev–Trinajstić information content (AvgIpc) is 2.13. The molecule has 0 spiro atoms. The van der Waals surface area contributed by atoms with E-state index in [0.717, 1.165) is 9.08 Å². The quantitative estimate of drug-likeness (QED) is 0.799. The largest absolute Gasteiger partial charge is 0.352 e. The van der Waals surface area contributed by atoms with Crippen molar-refractivity contribution in [3.8, 4) is 0 Å². The molecule has 1 nitrogen and oxygen atoms in total. The third-order valence-corrected chi connectivity index (χ3v) is 3.15. The molecule has 0 aliphatic rings. The number of H-pyrrole nitrogens is 1. The SMILES string of the molecule is CC(C)c1cc(Br)c(Br)[nH]1. The summed E-state index contributed by atoms with van der Waals surface area (Å²) in [4.78, 5) is 3.21. The second kappa shape index (κ2) is 3.09. The van der Waals surface area contributed by atoms with E-state index in [1.54, 1.807) is 0 Å². The molecule has 1 heterocycles. The second-order valence-corrected chi connectivity index (χ2v) is 4.19. The van der Waals surface area contributed by atoms with E-state index in [1.807, 2.05) is 0 Å². The van der Waals surface area contributed by atoms with Crippen molar-refractivity contribution in [2.24, 2.45) is 0 Å². The molecule has 3 heteroatoms. The molecule has 1 aromatic rings. The van der Waals surface area contributed by atoms with Crippen LogP contribution in [0.3, 0.4) is 0 Å². The van der Waals surface area contributed by atoms with E-state index in [1.165, 1.54) is 5.69 Å². The number of rotatable bonds is 1. The molecule has 1 N–H and O–H groups in total. The lowest BCUT2D eigenvalue weighted by molar-refractivity contribution is 0.830. The van der Waals surface area contributed by atoms with Gasteiger partial charge in [0.15, 0.2) is 0 Å². The zero-order valence-corrected chi connectivity index (χ0v) is 9.08. The van der Waals surface area contributed by atoms with Crippen molar-refractivity contribution in [1.82, 2.24) is 4.98 Å². The molecule has 0 amide bonds. The van der Waals surface area contributed by atoms with E-state index in [-0.39, 0.29) is 0 Å². The van der Waals surface area contributed by atoms with Crippen LogP contribution in [0.25, 0.3) is 0 Å². The summed E-state index contributed by atoms with van der Waals surface area (Å²) < 4.78 is 2.12. The van der Waals surface area contributed by atoms with E-state index >= 15 is 0 Å². The molecule has 0 saturated heterocycles. The topological polar surface area (TPSA) is 15.8 Å². The molecule has 56 valence electrons. The molecule has 0 fully saturated rings. The Hall–Kier alpha value is 0.240. The summed E-state index contributed by atoms with van der Waals surface area (Å²) in [6, 6.07) is 2.09. The van der Waals surface area contributed by atoms with Crippen molar-refractivity contribution in [2.45, 2.75) is 19.8 Å². The van der Waals surface area contributed by atoms with E-state index in [2.05, 4.69) is 56.8 Å². The van der Waals surface area contributed by atoms with Gasteiger partial charge in [0.05, 0.1) is 4.60 Å². The maximum Gasteiger partial charge on any atom is 0.0966 e. The minimum atomic E-state index is 0.558. The zero-order chi connectivity index (χ0) is 7.72. The number of hydrogen-bond donors (Lipinski definition) is 1. The molecule has 0 aromatic carbocycles. The second-order valence-electron chi connectivity index (χ2n) is 2.54. The molecule has 0 saturated carbocycles. The van der Waals surface area contributed by atoms with Gasteiger partial charge in [0.25, 0.3) is 0 Å². The van der Waals surface area contributed by atoms with E-state index in [9.17, 15) is 0 Å². The standard InChI is InChI=1S/C7H9Br2N/c1-4(2)6-3-5(8)7(9)10-6/h3-4,10H,1-2H3. The molecule has 1 aromatic heterocycles. The first-order valence-corrected chi connectivity index (χ1v) is 4.73. The fourth-order valence-corrected chi connectivity index (χ4v) is 1.42. The highest BCUT2D eigenvalue weighted by Crippen LogP contribution is 2.26. The van der Waals surface area contributed by atoms with Gasteiger partial charge >= 0.3 is 0 Å². The molecule has 0 atom stereocenters. The van der Waals surface area contributed by atoms with Gasteiger partial charge in [-0.3, -0.25) is 0 Å². The van der Waals surface area contributed by atoms with Gasteiger partial charge in [0.1, 0.15) is 0 Å². The van der Waals surface area contributed by atoms with Gasteiger partial charge in [-0.05, 0) is 43.8 Å². The lowest BCUT2D eigenvalue weighted by Gasteiger charge is -1.97. The number of hydrogen-bond acceptors (Lipinski definition) is 0. The number of aromatic amines is 1. The lowest BCUT2D eigenvalue weighted by atomic mass is 10.1. The van der Waals surface area contributed by atoms with Gasteiger partial charge in [-0.1, -0.05) is 13.8 Å². The van der Waals surface area contributed by atoms with E-state index in [0.29, 0.717) is 5.92 Å². The predicted octanol–water partition coefficient (Wildman–Crippen LogP) is 3.66. The van der Waals surface area contributed by atoms with Crippen LogP contribution >= 0.6 is 31.9 Å². The summed E-state index contributed by atoms with van der Waals surface area (Å²) in [5.74, 6) is 0.558. The number of nitrogens with one attached hydrogen (secondary N) is 1. The Morgan fingerprint density at radius 1 is 1.40 bits per heavy atom. The van der Waals surface area contributed by atoms with Crippen LogP contribution in [-0.4, -0.2) is 4.98 Å². The normalized spacial score (nSPS) is 10.9. The van der Waals surface area contributed by atoms with Crippen LogP contribution in [0.15, 0.2) is 15.1 Å². The summed E-state index contributed by atoms with van der Waals surface area (Å²) >= 11 is 6.79. The van der Waals surface area contributed by atoms with Crippen molar-refractivity contribution in [1.29, 1.82) is 0 Å². The summed E-state index contributed by atoms with van der Waals surface area (Å²) in [5, 5.41) is 0. The molecular formula is C7H9Br2N. The van der Waals surface area contributed by atoms with Crippen LogP contribution in [0.2, 0.25) is 0 Å². The van der Waals surface area contributed by atoms with Crippen molar-refractivity contribution in [3.63, 3.8) is 0 Å². The van der Waals surface area contributed by atoms with Crippen molar-refractivity contribution < 1.29 is 0 Å². The molecule has 0 unspecified atom stereocenters. The molecule has 0 aliphatic heterocycles. The van der Waals surface area contributed by atoms with Crippen LogP contribution in [0.1, 0.15) is 25.5 Å². The van der Waals surface area contributed by atoms with Crippen LogP contribution in [0.4, 0.5) is 0 Å². The Kier molecular flexibility index (Phi) is 2.58. The minimum absolute atomic E-state index is 0.558. The molecule has 0 bridgehead atoms. The Labute approximate surface area is 77.5 Å². The van der Waals surface area contributed by atoms with Crippen molar-refractivity contribution >= 4 is 31.9 Å². The highest BCUT2D eigenvalue weighted by Gasteiger charge is 2.04. The van der Waals surface area contributed by atoms with Crippen molar-refractivity contribution in [3.05, 3.63) is 20.8 Å². The molecule has 0 aliphatic carbocycles. The fraction of sp³-hybridized carbons (Fsp3) is 0.429. The fourth-order valence-electron chi connectivity index (χ4n) is 0.733. The predicted molar refractivity (Wildman–Crippen MR) is 50.3 cm³/mol. The Morgan fingerprint density at radius 2 is 2.00 bits per heavy atom. The maximum atomic E-state index is 3.41. The first-order chi connectivity index (χ1) is 4.61. The van der Waals surface area contributed by atoms with Crippen LogP contribution in [0.5, 0.6) is 0 Å². The Bertz CT molecular complexity index is 208. The van der Waals surface area contributed by atoms with Crippen molar-refractivity contribution in [2.75, 3.05) is 0 Å². The Morgan fingerprint density at radius 3 is 2.20 bits per heavy atom. The van der Waals surface area contributed by atoms with Crippen LogP contribution in [-0.2, 0) is 0 Å². The third kappa shape index (κ3) is 1.64. The summed E-state index contributed by atoms with van der Waals surface area (Å²) in [5.41, 5.74) is 1.25. The monoisotopic (exact) mass is 265 g/mol. The molecule has 0 radical (unpaired) electrons. The highest BCUT2D eigenvalue weighted by molar-refractivity contribution is 9.13. The molecule has 1 rings (SSSR count). The van der Waals surface area contributed by atoms with Gasteiger partial charge < -0.3 is 4.98 Å². The number of aromatic nitrogens is 1. The smallest absolute Gasteiger partial charge is 0.0966 e. The first kappa shape index (κ1) is 8.34. The molecule has 10 heavy (non-hydrogen) atoms. The van der Waals surface area contributed by atoms with Crippen LogP contribution < -0.4 is 0 Å².